The van der Waals surface area contributed by atoms with Crippen LogP contribution in [0, 0.1) is 0 Å². The molecule has 0 aliphatic rings. The Labute approximate surface area is 198 Å². The molecule has 0 radical (unpaired) electrons. The minimum Gasteiger partial charge on any atom is -0.480 e. The predicted octanol–water partition coefficient (Wildman–Crippen LogP) is 4.10. The Bertz CT molecular complexity index is 1030. The van der Waals surface area contributed by atoms with E-state index in [9.17, 15) is 19.5 Å². The van der Waals surface area contributed by atoms with E-state index in [1.165, 1.54) is 12.2 Å². The Balaban J connectivity index is 2.08. The first-order valence-electron chi connectivity index (χ1n) is 11.0. The number of carbonyl (C=O) groups is 3. The van der Waals surface area contributed by atoms with E-state index in [2.05, 4.69) is 5.32 Å². The number of aliphatic carboxylic acids is 1. The summed E-state index contributed by atoms with van der Waals surface area (Å²) in [7, 11) is 0. The monoisotopic (exact) mass is 457 g/mol. The molecule has 3 aromatic rings. The van der Waals surface area contributed by atoms with Gasteiger partial charge in [0.1, 0.15) is 11.5 Å². The first-order chi connectivity index (χ1) is 16.5. The smallest absolute Gasteiger partial charge is 0.330 e. The van der Waals surface area contributed by atoms with Crippen molar-refractivity contribution >= 4 is 17.8 Å². The molecule has 0 bridgehead atoms. The molecule has 1 atom stereocenters. The fourth-order valence-electron chi connectivity index (χ4n) is 3.94. The Kier molecular flexibility index (Phi) is 8.35. The number of ether oxygens (including phenoxy) is 1. The van der Waals surface area contributed by atoms with E-state index in [1.807, 2.05) is 91.0 Å². The van der Waals surface area contributed by atoms with Crippen LogP contribution in [0.5, 0.6) is 0 Å². The first-order valence-corrected chi connectivity index (χ1v) is 11.0. The second-order valence-electron chi connectivity index (χ2n) is 7.60. The molecule has 1 amide bonds. The fraction of sp³-hybridized carbons (Fsp3) is 0.179. The zero-order valence-corrected chi connectivity index (χ0v) is 18.9. The van der Waals surface area contributed by atoms with E-state index in [1.54, 1.807) is 6.92 Å². The molecule has 3 aromatic carbocycles. The first kappa shape index (κ1) is 24.5. The van der Waals surface area contributed by atoms with Gasteiger partial charge in [0.15, 0.2) is 0 Å². The molecule has 0 saturated heterocycles. The maximum Gasteiger partial charge on any atom is 0.330 e. The van der Waals surface area contributed by atoms with Crippen LogP contribution in [-0.2, 0) is 24.5 Å². The van der Waals surface area contributed by atoms with E-state index in [-0.39, 0.29) is 13.0 Å². The summed E-state index contributed by atoms with van der Waals surface area (Å²) >= 11 is 0. The highest BCUT2D eigenvalue weighted by molar-refractivity contribution is 5.98. The predicted molar refractivity (Wildman–Crippen MR) is 129 cm³/mol. The lowest BCUT2D eigenvalue weighted by molar-refractivity contribution is -0.142. The SMILES string of the molecule is CCOC(=O)/C=C/C[C@@H](NC(=O)C(c1ccccc1)(c1ccccc1)c1ccccc1)C(=O)O. The zero-order valence-electron chi connectivity index (χ0n) is 18.9. The van der Waals surface area contributed by atoms with Crippen LogP contribution in [0.2, 0.25) is 0 Å². The topological polar surface area (TPSA) is 92.7 Å². The van der Waals surface area contributed by atoms with Crippen molar-refractivity contribution in [2.75, 3.05) is 6.61 Å². The molecule has 2 N–H and O–H groups in total. The number of nitrogens with one attached hydrogen (secondary N) is 1. The van der Waals surface area contributed by atoms with E-state index in [0.717, 1.165) is 0 Å². The molecule has 6 nitrogen and oxygen atoms in total. The Hall–Kier alpha value is -4.19. The fourth-order valence-corrected chi connectivity index (χ4v) is 3.94. The van der Waals surface area contributed by atoms with Gasteiger partial charge < -0.3 is 15.2 Å². The Morgan fingerprint density at radius 1 is 0.853 bits per heavy atom. The normalized spacial score (nSPS) is 12.1. The van der Waals surface area contributed by atoms with Gasteiger partial charge in [0.25, 0.3) is 0 Å². The standard InChI is InChI=1S/C28H27NO5/c1-2-34-25(30)20-12-19-24(26(31)32)29-27(33)28(21-13-6-3-7-14-21,22-15-8-4-9-16-22)23-17-10-5-11-18-23/h3-18,20,24H,2,19H2,1H3,(H,29,33)(H,31,32)/b20-12+/t24-/m1/s1. The van der Waals surface area contributed by atoms with Crippen LogP contribution in [0.4, 0.5) is 0 Å². The van der Waals surface area contributed by atoms with Gasteiger partial charge in [0.2, 0.25) is 5.91 Å². The molecule has 6 heteroatoms. The molecule has 0 saturated carbocycles. The van der Waals surface area contributed by atoms with Gasteiger partial charge in [-0.2, -0.15) is 0 Å². The van der Waals surface area contributed by atoms with Crippen molar-refractivity contribution < 1.29 is 24.2 Å². The summed E-state index contributed by atoms with van der Waals surface area (Å²) in [6.07, 6.45) is 2.49. The maximum absolute atomic E-state index is 14.1. The number of hydrogen-bond donors (Lipinski definition) is 2. The summed E-state index contributed by atoms with van der Waals surface area (Å²) < 4.78 is 4.83. The van der Waals surface area contributed by atoms with E-state index in [4.69, 9.17) is 4.74 Å². The average Bonchev–Trinajstić information content (AvgIpc) is 2.86. The minimum absolute atomic E-state index is 0.0751. The average molecular weight is 458 g/mol. The van der Waals surface area contributed by atoms with Crippen molar-refractivity contribution in [2.24, 2.45) is 0 Å². The quantitative estimate of drug-likeness (QED) is 0.272. The van der Waals surface area contributed by atoms with Gasteiger partial charge in [-0.15, -0.1) is 0 Å². The number of hydrogen-bond acceptors (Lipinski definition) is 4. The minimum atomic E-state index is -1.29. The van der Waals surface area contributed by atoms with Crippen molar-refractivity contribution in [3.8, 4) is 0 Å². The van der Waals surface area contributed by atoms with Crippen LogP contribution in [0.25, 0.3) is 0 Å². The van der Waals surface area contributed by atoms with Gasteiger partial charge in [-0.3, -0.25) is 4.79 Å². The zero-order chi connectivity index (χ0) is 24.4. The molecule has 34 heavy (non-hydrogen) atoms. The van der Waals surface area contributed by atoms with E-state index >= 15 is 0 Å². The van der Waals surface area contributed by atoms with Crippen molar-refractivity contribution in [3.05, 3.63) is 120 Å². The van der Waals surface area contributed by atoms with Crippen LogP contribution in [0.15, 0.2) is 103 Å². The van der Waals surface area contributed by atoms with Gasteiger partial charge >= 0.3 is 11.9 Å². The lowest BCUT2D eigenvalue weighted by Crippen LogP contribution is -2.51. The summed E-state index contributed by atoms with van der Waals surface area (Å²) in [5.74, 6) is -2.25. The molecule has 0 spiro atoms. The largest absolute Gasteiger partial charge is 0.480 e. The third-order valence-electron chi connectivity index (χ3n) is 5.48. The van der Waals surface area contributed by atoms with Gasteiger partial charge in [0.05, 0.1) is 6.61 Å². The maximum atomic E-state index is 14.1. The summed E-state index contributed by atoms with van der Waals surface area (Å²) in [4.78, 5) is 37.7. The van der Waals surface area contributed by atoms with Gasteiger partial charge in [0, 0.05) is 6.08 Å². The molecule has 0 unspecified atom stereocenters. The van der Waals surface area contributed by atoms with Crippen LogP contribution in [-0.4, -0.2) is 35.6 Å². The van der Waals surface area contributed by atoms with Gasteiger partial charge in [-0.25, -0.2) is 9.59 Å². The summed E-state index contributed by atoms with van der Waals surface area (Å²) in [5.41, 5.74) is 0.825. The third-order valence-corrected chi connectivity index (χ3v) is 5.48. The van der Waals surface area contributed by atoms with Crippen LogP contribution in [0.1, 0.15) is 30.0 Å². The molecular weight excluding hydrogens is 430 g/mol. The van der Waals surface area contributed by atoms with Crippen LogP contribution >= 0.6 is 0 Å². The number of carboxylic acid groups (broad SMARTS) is 1. The molecule has 174 valence electrons. The third kappa shape index (κ3) is 5.41. The Morgan fingerprint density at radius 2 is 1.29 bits per heavy atom. The molecule has 0 aromatic heterocycles. The van der Waals surface area contributed by atoms with Gasteiger partial charge in [-0.05, 0) is 30.0 Å². The van der Waals surface area contributed by atoms with Crippen LogP contribution < -0.4 is 5.32 Å². The van der Waals surface area contributed by atoms with Crippen molar-refractivity contribution in [2.45, 2.75) is 24.8 Å². The highest BCUT2D eigenvalue weighted by atomic mass is 16.5. The van der Waals surface area contributed by atoms with Crippen molar-refractivity contribution in [1.82, 2.24) is 5.32 Å². The summed E-state index contributed by atoms with van der Waals surface area (Å²) in [6, 6.07) is 26.6. The number of benzene rings is 3. The van der Waals surface area contributed by atoms with Crippen molar-refractivity contribution in [1.29, 1.82) is 0 Å². The number of amides is 1. The molecule has 3 rings (SSSR count). The number of carbonyl (C=O) groups excluding carboxylic acids is 2. The molecular formula is C28H27NO5. The lowest BCUT2D eigenvalue weighted by Gasteiger charge is -2.35. The number of carboxylic acids is 1. The Morgan fingerprint density at radius 3 is 1.68 bits per heavy atom. The van der Waals surface area contributed by atoms with E-state index < -0.39 is 29.3 Å². The second kappa shape index (κ2) is 11.6. The lowest BCUT2D eigenvalue weighted by atomic mass is 9.68. The summed E-state index contributed by atoms with van der Waals surface area (Å²) in [6.45, 7) is 1.90. The second-order valence-corrected chi connectivity index (χ2v) is 7.60. The number of esters is 1. The van der Waals surface area contributed by atoms with Crippen LogP contribution in [0.3, 0.4) is 0 Å². The van der Waals surface area contributed by atoms with E-state index in [0.29, 0.717) is 16.7 Å². The van der Waals surface area contributed by atoms with Gasteiger partial charge in [-0.1, -0.05) is 97.1 Å². The van der Waals surface area contributed by atoms with Crippen molar-refractivity contribution in [3.63, 3.8) is 0 Å². The number of rotatable bonds is 10. The molecule has 0 fully saturated rings. The molecule has 0 aliphatic carbocycles. The molecule has 0 heterocycles. The summed E-state index contributed by atoms with van der Waals surface area (Å²) in [5, 5.41) is 12.5. The highest BCUT2D eigenvalue weighted by Gasteiger charge is 2.44. The molecule has 0 aliphatic heterocycles. The highest BCUT2D eigenvalue weighted by Crippen LogP contribution is 2.39.